The van der Waals surface area contributed by atoms with Gasteiger partial charge in [-0.2, -0.15) is 5.10 Å². The molecule has 0 N–H and O–H groups in total. The van der Waals surface area contributed by atoms with Crippen LogP contribution in [0.25, 0.3) is 5.65 Å². The van der Waals surface area contributed by atoms with Crippen LogP contribution in [0.5, 0.6) is 0 Å². The second kappa shape index (κ2) is 4.79. The van der Waals surface area contributed by atoms with Crippen molar-refractivity contribution in [2.75, 3.05) is 13.2 Å². The van der Waals surface area contributed by atoms with E-state index in [1.54, 1.807) is 13.0 Å². The summed E-state index contributed by atoms with van der Waals surface area (Å²) in [4.78, 5) is 16.1. The molecule has 0 unspecified atom stereocenters. The van der Waals surface area contributed by atoms with E-state index in [-0.39, 0.29) is 5.69 Å². The summed E-state index contributed by atoms with van der Waals surface area (Å²) < 4.78 is 11.7. The number of carbonyl (C=O) groups excluding carboxylic acids is 1. The van der Waals surface area contributed by atoms with Crippen LogP contribution in [0.1, 0.15) is 28.7 Å². The van der Waals surface area contributed by atoms with Crippen LogP contribution in [0.2, 0.25) is 5.15 Å². The Labute approximate surface area is 114 Å². The Hall–Kier alpha value is -1.66. The van der Waals surface area contributed by atoms with Gasteiger partial charge < -0.3 is 9.47 Å². The summed E-state index contributed by atoms with van der Waals surface area (Å²) in [5.74, 6) is -0.474. The Balaban J connectivity index is 2.12. The topological polar surface area (TPSA) is 65.7 Å². The first-order chi connectivity index (χ1) is 9.20. The van der Waals surface area contributed by atoms with Crippen LogP contribution in [0.4, 0.5) is 0 Å². The predicted octanol–water partition coefficient (Wildman–Crippen LogP) is 1.63. The summed E-state index contributed by atoms with van der Waals surface area (Å²) in [5.41, 5.74) is 2.49. The molecule has 0 amide bonds. The van der Waals surface area contributed by atoms with Crippen LogP contribution in [0, 0.1) is 0 Å². The molecule has 2 aromatic heterocycles. The van der Waals surface area contributed by atoms with Gasteiger partial charge >= 0.3 is 5.97 Å². The highest BCUT2D eigenvalue weighted by atomic mass is 35.5. The van der Waals surface area contributed by atoms with Gasteiger partial charge in [-0.25, -0.2) is 14.3 Å². The van der Waals surface area contributed by atoms with Gasteiger partial charge in [0.05, 0.1) is 25.5 Å². The minimum atomic E-state index is -0.474. The van der Waals surface area contributed by atoms with Crippen molar-refractivity contribution in [3.8, 4) is 0 Å². The van der Waals surface area contributed by atoms with Crippen LogP contribution in [0.3, 0.4) is 0 Å². The number of hydrogen-bond donors (Lipinski definition) is 0. The zero-order chi connectivity index (χ0) is 13.4. The minimum absolute atomic E-state index is 0.208. The molecular formula is C12H12ClN3O3. The summed E-state index contributed by atoms with van der Waals surface area (Å²) in [6, 6.07) is 1.58. The summed E-state index contributed by atoms with van der Waals surface area (Å²) in [6.07, 6.45) is 0.714. The third kappa shape index (κ3) is 2.06. The van der Waals surface area contributed by atoms with Crippen molar-refractivity contribution in [3.63, 3.8) is 0 Å². The van der Waals surface area contributed by atoms with Gasteiger partial charge in [-0.05, 0) is 6.92 Å². The number of carbonyl (C=O) groups is 1. The number of aromatic nitrogens is 3. The van der Waals surface area contributed by atoms with E-state index >= 15 is 0 Å². The van der Waals surface area contributed by atoms with Crippen LogP contribution >= 0.6 is 11.6 Å². The molecule has 0 bridgehead atoms. The Morgan fingerprint density at radius 1 is 1.63 bits per heavy atom. The van der Waals surface area contributed by atoms with Gasteiger partial charge in [-0.3, -0.25) is 0 Å². The van der Waals surface area contributed by atoms with Crippen LogP contribution in [-0.2, 0) is 22.5 Å². The van der Waals surface area contributed by atoms with E-state index in [1.165, 1.54) is 4.52 Å². The first-order valence-corrected chi connectivity index (χ1v) is 6.40. The smallest absolute Gasteiger partial charge is 0.358 e. The van der Waals surface area contributed by atoms with E-state index < -0.39 is 5.97 Å². The summed E-state index contributed by atoms with van der Waals surface area (Å²) in [7, 11) is 0. The molecule has 1 aliphatic heterocycles. The monoisotopic (exact) mass is 281 g/mol. The Morgan fingerprint density at radius 3 is 3.26 bits per heavy atom. The van der Waals surface area contributed by atoms with Crippen molar-refractivity contribution >= 4 is 23.2 Å². The minimum Gasteiger partial charge on any atom is -0.461 e. The van der Waals surface area contributed by atoms with E-state index in [1.807, 2.05) is 0 Å². The van der Waals surface area contributed by atoms with Crippen molar-refractivity contribution in [1.29, 1.82) is 0 Å². The fourth-order valence-corrected chi connectivity index (χ4v) is 2.33. The van der Waals surface area contributed by atoms with E-state index in [0.717, 1.165) is 11.3 Å². The molecule has 3 heterocycles. The number of halogens is 1. The third-order valence-corrected chi connectivity index (χ3v) is 3.33. The number of esters is 1. The highest BCUT2D eigenvalue weighted by molar-refractivity contribution is 6.30. The molecule has 0 aliphatic carbocycles. The number of hydrogen-bond acceptors (Lipinski definition) is 5. The maximum absolute atomic E-state index is 11.7. The molecule has 0 aromatic carbocycles. The average molecular weight is 282 g/mol. The number of nitrogens with zero attached hydrogens (tertiary/aromatic N) is 3. The van der Waals surface area contributed by atoms with Gasteiger partial charge in [0.2, 0.25) is 0 Å². The lowest BCUT2D eigenvalue weighted by Crippen LogP contribution is -2.14. The molecule has 7 heteroatoms. The fourth-order valence-electron chi connectivity index (χ4n) is 2.05. The molecule has 3 rings (SSSR count). The molecular weight excluding hydrogens is 270 g/mol. The highest BCUT2D eigenvalue weighted by Gasteiger charge is 2.21. The second-order valence-electron chi connectivity index (χ2n) is 4.15. The van der Waals surface area contributed by atoms with E-state index in [4.69, 9.17) is 21.1 Å². The van der Waals surface area contributed by atoms with Crippen LogP contribution < -0.4 is 0 Å². The normalized spacial score (nSPS) is 14.4. The molecule has 6 nitrogen and oxygen atoms in total. The van der Waals surface area contributed by atoms with Crippen molar-refractivity contribution in [3.05, 3.63) is 28.2 Å². The van der Waals surface area contributed by atoms with Crippen LogP contribution in [0.15, 0.2) is 6.07 Å². The molecule has 19 heavy (non-hydrogen) atoms. The van der Waals surface area contributed by atoms with Gasteiger partial charge in [-0.1, -0.05) is 11.6 Å². The number of ether oxygens (including phenoxy) is 2. The van der Waals surface area contributed by atoms with Crippen molar-refractivity contribution in [2.24, 2.45) is 0 Å². The van der Waals surface area contributed by atoms with E-state index in [9.17, 15) is 4.79 Å². The standard InChI is InChI=1S/C12H12ClN3O3/c1-2-19-12(17)9-5-10-14-8-3-4-18-6-7(8)11(13)16(10)15-9/h5H,2-4,6H2,1H3. The molecule has 0 fully saturated rings. The van der Waals surface area contributed by atoms with Gasteiger partial charge in [0.1, 0.15) is 5.15 Å². The van der Waals surface area contributed by atoms with Crippen molar-refractivity contribution < 1.29 is 14.3 Å². The quantitative estimate of drug-likeness (QED) is 0.618. The lowest BCUT2D eigenvalue weighted by molar-refractivity contribution is 0.0519. The average Bonchev–Trinajstić information content (AvgIpc) is 2.84. The SMILES string of the molecule is CCOC(=O)c1cc2nc3c(c(Cl)n2n1)COCC3. The summed E-state index contributed by atoms with van der Waals surface area (Å²) in [5, 5.41) is 4.57. The molecule has 1 aliphatic rings. The lowest BCUT2D eigenvalue weighted by atomic mass is 10.1. The van der Waals surface area contributed by atoms with Gasteiger partial charge in [0.15, 0.2) is 11.3 Å². The largest absolute Gasteiger partial charge is 0.461 e. The zero-order valence-corrected chi connectivity index (χ0v) is 11.1. The predicted molar refractivity (Wildman–Crippen MR) is 67.3 cm³/mol. The number of fused-ring (bicyclic) bond motifs is 2. The first-order valence-electron chi connectivity index (χ1n) is 6.02. The highest BCUT2D eigenvalue weighted by Crippen LogP contribution is 2.25. The van der Waals surface area contributed by atoms with E-state index in [0.29, 0.717) is 37.0 Å². The van der Waals surface area contributed by atoms with E-state index in [2.05, 4.69) is 10.1 Å². The molecule has 0 atom stereocenters. The molecule has 0 saturated carbocycles. The Bertz CT molecular complexity index is 653. The molecule has 2 aromatic rings. The maximum atomic E-state index is 11.7. The van der Waals surface area contributed by atoms with Crippen molar-refractivity contribution in [1.82, 2.24) is 14.6 Å². The third-order valence-electron chi connectivity index (χ3n) is 2.94. The summed E-state index contributed by atoms with van der Waals surface area (Å²) >= 11 is 6.28. The fraction of sp³-hybridized carbons (Fsp3) is 0.417. The first kappa shape index (κ1) is 12.4. The van der Waals surface area contributed by atoms with Gasteiger partial charge in [0.25, 0.3) is 0 Å². The molecule has 0 saturated heterocycles. The van der Waals surface area contributed by atoms with Gasteiger partial charge in [-0.15, -0.1) is 0 Å². The van der Waals surface area contributed by atoms with Crippen molar-refractivity contribution in [2.45, 2.75) is 20.0 Å². The zero-order valence-electron chi connectivity index (χ0n) is 10.4. The van der Waals surface area contributed by atoms with Crippen LogP contribution in [-0.4, -0.2) is 33.8 Å². The second-order valence-corrected chi connectivity index (χ2v) is 4.51. The molecule has 100 valence electrons. The Morgan fingerprint density at radius 2 is 2.47 bits per heavy atom. The maximum Gasteiger partial charge on any atom is 0.358 e. The van der Waals surface area contributed by atoms with Gasteiger partial charge in [0, 0.05) is 18.1 Å². The Kier molecular flexibility index (Phi) is 3.12. The lowest BCUT2D eigenvalue weighted by Gasteiger charge is -2.16. The number of rotatable bonds is 2. The molecule has 0 radical (unpaired) electrons. The summed E-state index contributed by atoms with van der Waals surface area (Å²) in [6.45, 7) is 3.10. The molecule has 0 spiro atoms.